The molecule has 3 rings (SSSR count). The molecule has 3 nitrogen and oxygen atoms in total. The Labute approximate surface area is 121 Å². The van der Waals surface area contributed by atoms with E-state index >= 15 is 0 Å². The second-order valence-corrected chi connectivity index (χ2v) is 6.51. The fourth-order valence-corrected chi connectivity index (χ4v) is 3.64. The molecular weight excluding hydrogens is 248 g/mol. The number of aryl methyl sites for hydroxylation is 2. The van der Waals surface area contributed by atoms with E-state index in [1.807, 2.05) is 0 Å². The maximum atomic E-state index is 12.2. The number of nitrogens with one attached hydrogen (secondary N) is 2. The van der Waals surface area contributed by atoms with Crippen molar-refractivity contribution in [3.05, 3.63) is 29.3 Å². The molecule has 1 aromatic carbocycles. The van der Waals surface area contributed by atoms with Crippen molar-refractivity contribution in [3.63, 3.8) is 0 Å². The van der Waals surface area contributed by atoms with Gasteiger partial charge < -0.3 is 10.2 Å². The van der Waals surface area contributed by atoms with Gasteiger partial charge in [-0.3, -0.25) is 4.79 Å². The van der Waals surface area contributed by atoms with Crippen molar-refractivity contribution >= 4 is 11.6 Å². The molecule has 1 fully saturated rings. The summed E-state index contributed by atoms with van der Waals surface area (Å²) < 4.78 is 0. The van der Waals surface area contributed by atoms with E-state index in [2.05, 4.69) is 30.4 Å². The van der Waals surface area contributed by atoms with Crippen molar-refractivity contribution < 1.29 is 9.69 Å². The number of rotatable bonds is 3. The number of carbonyl (C=O) groups excluding carboxylic acids is 1. The Kier molecular flexibility index (Phi) is 4.06. The van der Waals surface area contributed by atoms with Crippen LogP contribution in [-0.2, 0) is 17.6 Å². The summed E-state index contributed by atoms with van der Waals surface area (Å²) in [6.07, 6.45) is 6.18. The summed E-state index contributed by atoms with van der Waals surface area (Å²) in [6.45, 7) is 5.18. The van der Waals surface area contributed by atoms with Crippen molar-refractivity contribution in [1.29, 1.82) is 0 Å². The summed E-state index contributed by atoms with van der Waals surface area (Å²) >= 11 is 0. The number of hydrogen-bond donors (Lipinski definition) is 2. The molecule has 1 amide bonds. The van der Waals surface area contributed by atoms with E-state index in [0.29, 0.717) is 6.54 Å². The number of fused-ring (bicyclic) bond motifs is 1. The van der Waals surface area contributed by atoms with Gasteiger partial charge in [-0.05, 0) is 55.4 Å². The summed E-state index contributed by atoms with van der Waals surface area (Å²) in [5.41, 5.74) is 3.85. The van der Waals surface area contributed by atoms with E-state index in [1.54, 1.807) is 0 Å². The Hall–Kier alpha value is -1.35. The van der Waals surface area contributed by atoms with Gasteiger partial charge in [0.1, 0.15) is 0 Å². The molecule has 20 heavy (non-hydrogen) atoms. The first-order chi connectivity index (χ1) is 9.70. The van der Waals surface area contributed by atoms with Gasteiger partial charge >= 0.3 is 0 Å². The van der Waals surface area contributed by atoms with Crippen LogP contribution < -0.4 is 10.2 Å². The lowest BCUT2D eigenvalue weighted by Crippen LogP contribution is -3.14. The Bertz CT molecular complexity index is 498. The van der Waals surface area contributed by atoms with Crippen molar-refractivity contribution in [2.45, 2.75) is 39.0 Å². The molecule has 0 saturated carbocycles. The fourth-order valence-electron chi connectivity index (χ4n) is 3.64. The summed E-state index contributed by atoms with van der Waals surface area (Å²) in [5.74, 6) is 0.915. The van der Waals surface area contributed by atoms with Crippen LogP contribution in [0.5, 0.6) is 0 Å². The average Bonchev–Trinajstić information content (AvgIpc) is 2.86. The average molecular weight is 273 g/mol. The SMILES string of the molecule is C[C@H]1CCC[NH+](CC(=O)Nc2ccc3c(c2)CCC3)C1. The monoisotopic (exact) mass is 273 g/mol. The van der Waals surface area contributed by atoms with Gasteiger partial charge in [0, 0.05) is 11.6 Å². The van der Waals surface area contributed by atoms with Gasteiger partial charge in [0.05, 0.1) is 13.1 Å². The molecular formula is C17H25N2O+. The van der Waals surface area contributed by atoms with E-state index in [9.17, 15) is 4.79 Å². The Morgan fingerprint density at radius 1 is 1.30 bits per heavy atom. The van der Waals surface area contributed by atoms with Gasteiger partial charge in [-0.15, -0.1) is 0 Å². The van der Waals surface area contributed by atoms with Crippen LogP contribution in [0.4, 0.5) is 5.69 Å². The molecule has 1 aliphatic carbocycles. The third-order valence-corrected chi connectivity index (χ3v) is 4.66. The van der Waals surface area contributed by atoms with Crippen molar-refractivity contribution in [1.82, 2.24) is 0 Å². The molecule has 1 heterocycles. The van der Waals surface area contributed by atoms with Gasteiger partial charge in [0.2, 0.25) is 0 Å². The lowest BCUT2D eigenvalue weighted by Gasteiger charge is -2.27. The minimum absolute atomic E-state index is 0.159. The quantitative estimate of drug-likeness (QED) is 0.858. The molecule has 0 radical (unpaired) electrons. The van der Waals surface area contributed by atoms with Gasteiger partial charge in [0.25, 0.3) is 5.91 Å². The van der Waals surface area contributed by atoms with E-state index < -0.39 is 0 Å². The molecule has 108 valence electrons. The van der Waals surface area contributed by atoms with Gasteiger partial charge in [-0.1, -0.05) is 13.0 Å². The summed E-state index contributed by atoms with van der Waals surface area (Å²) in [7, 11) is 0. The van der Waals surface area contributed by atoms with Gasteiger partial charge in [-0.25, -0.2) is 0 Å². The lowest BCUT2D eigenvalue weighted by molar-refractivity contribution is -0.900. The van der Waals surface area contributed by atoms with Crippen molar-refractivity contribution in [3.8, 4) is 0 Å². The smallest absolute Gasteiger partial charge is 0.279 e. The first-order valence-electron chi connectivity index (χ1n) is 7.96. The number of likely N-dealkylation sites (tertiary alicyclic amines) is 1. The molecule has 3 heteroatoms. The second kappa shape index (κ2) is 5.96. The molecule has 1 aliphatic heterocycles. The molecule has 2 aliphatic rings. The predicted molar refractivity (Wildman–Crippen MR) is 81.1 cm³/mol. The van der Waals surface area contributed by atoms with E-state index in [0.717, 1.165) is 31.1 Å². The molecule has 0 spiro atoms. The molecule has 2 atom stereocenters. The predicted octanol–water partition coefficient (Wildman–Crippen LogP) is 1.43. The van der Waals surface area contributed by atoms with Crippen LogP contribution in [0.2, 0.25) is 0 Å². The number of anilines is 1. The van der Waals surface area contributed by atoms with Crippen LogP contribution in [0.3, 0.4) is 0 Å². The largest absolute Gasteiger partial charge is 0.327 e. The highest BCUT2D eigenvalue weighted by atomic mass is 16.2. The lowest BCUT2D eigenvalue weighted by atomic mass is 10.0. The molecule has 0 bridgehead atoms. The zero-order valence-electron chi connectivity index (χ0n) is 12.4. The third kappa shape index (κ3) is 3.21. The normalized spacial score (nSPS) is 25.2. The number of carbonyl (C=O) groups is 1. The van der Waals surface area contributed by atoms with Crippen LogP contribution in [0.25, 0.3) is 0 Å². The zero-order chi connectivity index (χ0) is 13.9. The van der Waals surface area contributed by atoms with E-state index in [-0.39, 0.29) is 5.91 Å². The highest BCUT2D eigenvalue weighted by molar-refractivity contribution is 5.91. The maximum Gasteiger partial charge on any atom is 0.279 e. The van der Waals surface area contributed by atoms with Crippen LogP contribution >= 0.6 is 0 Å². The Morgan fingerprint density at radius 3 is 3.00 bits per heavy atom. The van der Waals surface area contributed by atoms with Crippen molar-refractivity contribution in [2.24, 2.45) is 5.92 Å². The number of quaternary nitrogens is 1. The van der Waals surface area contributed by atoms with E-state index in [1.165, 1.54) is 41.7 Å². The highest BCUT2D eigenvalue weighted by Crippen LogP contribution is 2.24. The molecule has 1 unspecified atom stereocenters. The topological polar surface area (TPSA) is 33.5 Å². The second-order valence-electron chi connectivity index (χ2n) is 6.51. The van der Waals surface area contributed by atoms with Crippen LogP contribution in [0, 0.1) is 5.92 Å². The Balaban J connectivity index is 1.56. The first-order valence-corrected chi connectivity index (χ1v) is 7.96. The van der Waals surface area contributed by atoms with Gasteiger partial charge in [-0.2, -0.15) is 0 Å². The fraction of sp³-hybridized carbons (Fsp3) is 0.588. The maximum absolute atomic E-state index is 12.2. The van der Waals surface area contributed by atoms with E-state index in [4.69, 9.17) is 0 Å². The summed E-state index contributed by atoms with van der Waals surface area (Å²) in [6, 6.07) is 6.39. The number of amides is 1. The number of hydrogen-bond acceptors (Lipinski definition) is 1. The standard InChI is InChI=1S/C17H24N2O/c1-13-4-3-9-19(11-13)12-17(20)18-16-8-7-14-5-2-6-15(14)10-16/h7-8,10,13H,2-6,9,11-12H2,1H3,(H,18,20)/p+1/t13-/m0/s1. The van der Waals surface area contributed by atoms with Crippen LogP contribution in [0.1, 0.15) is 37.3 Å². The molecule has 1 aromatic rings. The number of piperidine rings is 1. The number of benzene rings is 1. The summed E-state index contributed by atoms with van der Waals surface area (Å²) in [4.78, 5) is 13.6. The highest BCUT2D eigenvalue weighted by Gasteiger charge is 2.22. The molecule has 0 aromatic heterocycles. The van der Waals surface area contributed by atoms with Crippen LogP contribution in [-0.4, -0.2) is 25.5 Å². The third-order valence-electron chi connectivity index (χ3n) is 4.66. The van der Waals surface area contributed by atoms with Gasteiger partial charge in [0.15, 0.2) is 6.54 Å². The van der Waals surface area contributed by atoms with Crippen molar-refractivity contribution in [2.75, 3.05) is 25.0 Å². The first kappa shape index (κ1) is 13.6. The Morgan fingerprint density at radius 2 is 2.15 bits per heavy atom. The molecule has 1 saturated heterocycles. The minimum Gasteiger partial charge on any atom is -0.327 e. The zero-order valence-corrected chi connectivity index (χ0v) is 12.4. The molecule has 2 N–H and O–H groups in total. The van der Waals surface area contributed by atoms with Crippen LogP contribution in [0.15, 0.2) is 18.2 Å². The minimum atomic E-state index is 0.159. The summed E-state index contributed by atoms with van der Waals surface area (Å²) in [5, 5.41) is 3.07.